The van der Waals surface area contributed by atoms with Gasteiger partial charge in [-0.05, 0) is 32.2 Å². The van der Waals surface area contributed by atoms with E-state index < -0.39 is 0 Å². The Balaban J connectivity index is 1.84. The molecular weight excluding hydrogens is 262 g/mol. The molecule has 1 saturated heterocycles. The van der Waals surface area contributed by atoms with E-state index in [1.807, 2.05) is 6.26 Å². The van der Waals surface area contributed by atoms with Crippen molar-refractivity contribution in [3.05, 3.63) is 6.07 Å². The number of nitrogens with one attached hydrogen (secondary N) is 1. The van der Waals surface area contributed by atoms with Crippen molar-refractivity contribution in [1.82, 2.24) is 14.9 Å². The molecule has 1 aromatic heterocycles. The molecule has 2 heterocycles. The Morgan fingerprint density at radius 1 is 1.37 bits per heavy atom. The summed E-state index contributed by atoms with van der Waals surface area (Å²) in [5.74, 6) is 6.52. The second-order valence-corrected chi connectivity index (χ2v) is 5.25. The summed E-state index contributed by atoms with van der Waals surface area (Å²) in [4.78, 5) is 10.9. The average molecular weight is 283 g/mol. The second-order valence-electron chi connectivity index (χ2n) is 4.47. The lowest BCUT2D eigenvalue weighted by Crippen LogP contribution is -2.33. The number of aromatic nitrogens is 2. The first-order valence-electron chi connectivity index (χ1n) is 6.56. The Morgan fingerprint density at radius 2 is 2.16 bits per heavy atom. The molecule has 0 amide bonds. The van der Waals surface area contributed by atoms with Gasteiger partial charge in [0.25, 0.3) is 0 Å². The molecule has 0 atom stereocenters. The predicted octanol–water partition coefficient (Wildman–Crippen LogP) is 1.35. The molecule has 19 heavy (non-hydrogen) atoms. The van der Waals surface area contributed by atoms with Crippen LogP contribution in [0.3, 0.4) is 0 Å². The molecule has 7 heteroatoms. The van der Waals surface area contributed by atoms with Gasteiger partial charge in [0.1, 0.15) is 12.4 Å². The van der Waals surface area contributed by atoms with Gasteiger partial charge in [-0.15, -0.1) is 0 Å². The van der Waals surface area contributed by atoms with E-state index in [2.05, 4.69) is 20.3 Å². The summed E-state index contributed by atoms with van der Waals surface area (Å²) >= 11 is 1.47. The maximum atomic E-state index is 5.69. The number of nitrogens with two attached hydrogens (primary N) is 1. The van der Waals surface area contributed by atoms with Crippen molar-refractivity contribution in [2.24, 2.45) is 5.84 Å². The molecule has 0 saturated carbocycles. The molecule has 0 aliphatic carbocycles. The first-order chi connectivity index (χ1) is 9.31. The number of ether oxygens (including phenoxy) is 1. The second kappa shape index (κ2) is 7.52. The fraction of sp³-hybridized carbons (Fsp3) is 0.667. The van der Waals surface area contributed by atoms with Crippen LogP contribution in [0.25, 0.3) is 0 Å². The Bertz CT molecular complexity index is 375. The maximum Gasteiger partial charge on any atom is 0.219 e. The molecule has 1 aliphatic rings. The van der Waals surface area contributed by atoms with Gasteiger partial charge in [-0.25, -0.2) is 10.8 Å². The van der Waals surface area contributed by atoms with Crippen LogP contribution < -0.4 is 16.0 Å². The van der Waals surface area contributed by atoms with Crippen LogP contribution in [0.5, 0.6) is 5.88 Å². The molecule has 0 aromatic carbocycles. The summed E-state index contributed by atoms with van der Waals surface area (Å²) in [5.41, 5.74) is 2.53. The van der Waals surface area contributed by atoms with Crippen molar-refractivity contribution in [1.29, 1.82) is 0 Å². The van der Waals surface area contributed by atoms with Gasteiger partial charge in [0, 0.05) is 12.6 Å². The zero-order chi connectivity index (χ0) is 13.5. The third-order valence-electron chi connectivity index (χ3n) is 3.12. The maximum absolute atomic E-state index is 5.69. The number of thioether (sulfide) groups is 1. The molecule has 6 nitrogen and oxygen atoms in total. The van der Waals surface area contributed by atoms with Crippen LogP contribution in [-0.2, 0) is 0 Å². The highest BCUT2D eigenvalue weighted by atomic mass is 32.2. The highest BCUT2D eigenvalue weighted by Gasteiger charge is 2.10. The van der Waals surface area contributed by atoms with Crippen molar-refractivity contribution in [2.45, 2.75) is 24.4 Å². The predicted molar refractivity (Wildman–Crippen MR) is 77.4 cm³/mol. The van der Waals surface area contributed by atoms with Crippen LogP contribution in [0.15, 0.2) is 11.2 Å². The minimum Gasteiger partial charge on any atom is -0.476 e. The molecule has 0 radical (unpaired) electrons. The number of nitrogen functional groups attached to an aromatic ring is 1. The quantitative estimate of drug-likeness (QED) is 0.353. The third-order valence-corrected chi connectivity index (χ3v) is 3.67. The Labute approximate surface area is 118 Å². The summed E-state index contributed by atoms with van der Waals surface area (Å²) in [6.07, 6.45) is 5.87. The molecule has 1 fully saturated rings. The number of hydrogen-bond donors (Lipinski definition) is 2. The van der Waals surface area contributed by atoms with Crippen molar-refractivity contribution < 1.29 is 4.74 Å². The van der Waals surface area contributed by atoms with Crippen LogP contribution in [0, 0.1) is 0 Å². The monoisotopic (exact) mass is 283 g/mol. The zero-order valence-electron chi connectivity index (χ0n) is 11.3. The van der Waals surface area contributed by atoms with Gasteiger partial charge in [0.2, 0.25) is 5.88 Å². The van der Waals surface area contributed by atoms with Gasteiger partial charge in [0.15, 0.2) is 5.16 Å². The molecule has 1 aliphatic heterocycles. The van der Waals surface area contributed by atoms with E-state index >= 15 is 0 Å². The highest BCUT2D eigenvalue weighted by Crippen LogP contribution is 2.18. The van der Waals surface area contributed by atoms with Gasteiger partial charge in [-0.3, -0.25) is 4.90 Å². The van der Waals surface area contributed by atoms with E-state index in [0.29, 0.717) is 23.5 Å². The molecule has 2 rings (SSSR count). The van der Waals surface area contributed by atoms with Crippen LogP contribution in [-0.4, -0.2) is 47.4 Å². The number of piperidine rings is 1. The normalized spacial score (nSPS) is 16.3. The van der Waals surface area contributed by atoms with Crippen LogP contribution in [0.2, 0.25) is 0 Å². The molecule has 106 valence electrons. The van der Waals surface area contributed by atoms with E-state index in [4.69, 9.17) is 10.6 Å². The minimum absolute atomic E-state index is 0.573. The lowest BCUT2D eigenvalue weighted by Gasteiger charge is -2.26. The van der Waals surface area contributed by atoms with E-state index in [0.717, 1.165) is 6.54 Å². The van der Waals surface area contributed by atoms with Crippen LogP contribution in [0.4, 0.5) is 5.82 Å². The van der Waals surface area contributed by atoms with Gasteiger partial charge >= 0.3 is 0 Å². The number of nitrogens with zero attached hydrogens (tertiary/aromatic N) is 3. The summed E-state index contributed by atoms with van der Waals surface area (Å²) in [6, 6.07) is 1.72. The van der Waals surface area contributed by atoms with Crippen LogP contribution >= 0.6 is 11.8 Å². The first kappa shape index (κ1) is 14.4. The molecule has 3 N–H and O–H groups in total. The lowest BCUT2D eigenvalue weighted by atomic mass is 10.1. The fourth-order valence-corrected chi connectivity index (χ4v) is 2.48. The highest BCUT2D eigenvalue weighted by molar-refractivity contribution is 7.98. The van der Waals surface area contributed by atoms with Crippen molar-refractivity contribution in [3.8, 4) is 5.88 Å². The van der Waals surface area contributed by atoms with Crippen molar-refractivity contribution in [2.75, 3.05) is 37.9 Å². The van der Waals surface area contributed by atoms with Crippen molar-refractivity contribution >= 4 is 17.6 Å². The van der Waals surface area contributed by atoms with Gasteiger partial charge in [-0.1, -0.05) is 18.2 Å². The Hall–Kier alpha value is -1.05. The van der Waals surface area contributed by atoms with Gasteiger partial charge in [0.05, 0.1) is 0 Å². The fourth-order valence-electron chi connectivity index (χ4n) is 2.11. The molecule has 0 unspecified atom stereocenters. The lowest BCUT2D eigenvalue weighted by molar-refractivity contribution is 0.180. The molecule has 1 aromatic rings. The summed E-state index contributed by atoms with van der Waals surface area (Å²) < 4.78 is 5.69. The topological polar surface area (TPSA) is 76.3 Å². The SMILES string of the molecule is CSc1nc(NN)cc(OCCN2CCCCC2)n1. The van der Waals surface area contributed by atoms with Crippen molar-refractivity contribution in [3.63, 3.8) is 0 Å². The van der Waals surface area contributed by atoms with Crippen LogP contribution in [0.1, 0.15) is 19.3 Å². The molecule has 0 bridgehead atoms. The van der Waals surface area contributed by atoms with Gasteiger partial charge in [-0.2, -0.15) is 4.98 Å². The minimum atomic E-state index is 0.573. The average Bonchev–Trinajstić information content (AvgIpc) is 2.48. The number of anilines is 1. The third kappa shape index (κ3) is 4.52. The number of hydrogen-bond acceptors (Lipinski definition) is 7. The number of hydrazine groups is 1. The molecular formula is C12H21N5OS. The first-order valence-corrected chi connectivity index (χ1v) is 7.79. The van der Waals surface area contributed by atoms with E-state index in [9.17, 15) is 0 Å². The van der Waals surface area contributed by atoms with Gasteiger partial charge < -0.3 is 10.2 Å². The smallest absolute Gasteiger partial charge is 0.219 e. The number of likely N-dealkylation sites (tertiary alicyclic amines) is 1. The zero-order valence-corrected chi connectivity index (χ0v) is 12.1. The molecule has 0 spiro atoms. The van der Waals surface area contributed by atoms with E-state index in [1.54, 1.807) is 6.07 Å². The Kier molecular flexibility index (Phi) is 5.68. The summed E-state index contributed by atoms with van der Waals surface area (Å²) in [5, 5.41) is 0.656. The summed E-state index contributed by atoms with van der Waals surface area (Å²) in [6.45, 7) is 3.95. The largest absolute Gasteiger partial charge is 0.476 e. The standard InChI is InChI=1S/C12H21N5OS/c1-19-12-14-10(16-13)9-11(15-12)18-8-7-17-5-3-2-4-6-17/h9H,2-8,13H2,1H3,(H,14,15,16). The number of rotatable bonds is 6. The van der Waals surface area contributed by atoms with E-state index in [-0.39, 0.29) is 0 Å². The van der Waals surface area contributed by atoms with E-state index in [1.165, 1.54) is 44.1 Å². The summed E-state index contributed by atoms with van der Waals surface area (Å²) in [7, 11) is 0. The Morgan fingerprint density at radius 3 is 2.84 bits per heavy atom.